The highest BCUT2D eigenvalue weighted by Gasteiger charge is 2.15. The largest absolute Gasteiger partial charge is 0.349 e. The summed E-state index contributed by atoms with van der Waals surface area (Å²) < 4.78 is 0. The lowest BCUT2D eigenvalue weighted by Gasteiger charge is -2.17. The third-order valence-corrected chi connectivity index (χ3v) is 5.82. The lowest BCUT2D eigenvalue weighted by molar-refractivity contribution is -0.121. The van der Waals surface area contributed by atoms with Crippen LogP contribution in [0, 0.1) is 0 Å². The molecular weight excluding hydrogens is 360 g/mol. The molecule has 0 radical (unpaired) electrons. The molecule has 3 nitrogen and oxygen atoms in total. The first-order valence-corrected chi connectivity index (χ1v) is 9.82. The number of halogens is 1. The van der Waals surface area contributed by atoms with Gasteiger partial charge in [-0.3, -0.25) is 4.79 Å². The second kappa shape index (κ2) is 7.92. The van der Waals surface area contributed by atoms with E-state index in [1.165, 1.54) is 0 Å². The number of thiazole rings is 1. The fourth-order valence-corrected chi connectivity index (χ4v) is 4.19. The Morgan fingerprint density at radius 1 is 1.25 bits per heavy atom. The van der Waals surface area contributed by atoms with Gasteiger partial charge in [0.05, 0.1) is 23.0 Å². The van der Waals surface area contributed by atoms with Crippen molar-refractivity contribution in [3.05, 3.63) is 63.4 Å². The van der Waals surface area contributed by atoms with E-state index in [1.54, 1.807) is 22.7 Å². The second-order valence-electron chi connectivity index (χ2n) is 5.38. The summed E-state index contributed by atoms with van der Waals surface area (Å²) in [6.45, 7) is 2.05. The predicted octanol–water partition coefficient (Wildman–Crippen LogP) is 5.34. The number of aromatic nitrogens is 1. The predicted molar refractivity (Wildman–Crippen MR) is 102 cm³/mol. The lowest BCUT2D eigenvalue weighted by atomic mass is 10.0. The lowest BCUT2D eigenvalue weighted by Crippen LogP contribution is -2.29. The minimum absolute atomic E-state index is 0.00910. The summed E-state index contributed by atoms with van der Waals surface area (Å²) in [4.78, 5) is 18.0. The minimum atomic E-state index is -0.0140. The van der Waals surface area contributed by atoms with Gasteiger partial charge in [0.2, 0.25) is 5.91 Å². The highest BCUT2D eigenvalue weighted by atomic mass is 35.5. The molecule has 0 saturated carbocycles. The van der Waals surface area contributed by atoms with E-state index in [0.717, 1.165) is 27.6 Å². The second-order valence-corrected chi connectivity index (χ2v) is 7.62. The molecule has 3 rings (SSSR count). The van der Waals surface area contributed by atoms with E-state index in [2.05, 4.69) is 17.2 Å². The van der Waals surface area contributed by atoms with Gasteiger partial charge in [-0.25, -0.2) is 4.98 Å². The third-order valence-electron chi connectivity index (χ3n) is 3.64. The number of hydrogen-bond donors (Lipinski definition) is 1. The molecule has 0 aliphatic carbocycles. The van der Waals surface area contributed by atoms with Gasteiger partial charge in [-0.2, -0.15) is 0 Å². The zero-order valence-electron chi connectivity index (χ0n) is 13.2. The average Bonchev–Trinajstić information content (AvgIpc) is 3.24. The van der Waals surface area contributed by atoms with Crippen LogP contribution in [-0.4, -0.2) is 10.9 Å². The molecule has 3 aromatic rings. The van der Waals surface area contributed by atoms with Crippen LogP contribution in [0.3, 0.4) is 0 Å². The van der Waals surface area contributed by atoms with Crippen LogP contribution in [0.15, 0.2) is 47.2 Å². The number of hydrogen-bond acceptors (Lipinski definition) is 4. The van der Waals surface area contributed by atoms with Crippen molar-refractivity contribution in [3.8, 4) is 9.88 Å². The van der Waals surface area contributed by atoms with E-state index in [-0.39, 0.29) is 11.9 Å². The van der Waals surface area contributed by atoms with Crippen molar-refractivity contribution in [1.29, 1.82) is 0 Å². The van der Waals surface area contributed by atoms with Crippen LogP contribution in [0.2, 0.25) is 5.02 Å². The number of rotatable bonds is 6. The summed E-state index contributed by atoms with van der Waals surface area (Å²) in [5.74, 6) is -0.0140. The normalized spacial score (nSPS) is 12.1. The van der Waals surface area contributed by atoms with Gasteiger partial charge < -0.3 is 5.32 Å². The van der Waals surface area contributed by atoms with Gasteiger partial charge in [0, 0.05) is 10.4 Å². The molecule has 0 aliphatic heterocycles. The zero-order chi connectivity index (χ0) is 16.9. The van der Waals surface area contributed by atoms with Crippen molar-refractivity contribution in [1.82, 2.24) is 10.3 Å². The van der Waals surface area contributed by atoms with Crippen molar-refractivity contribution in [3.63, 3.8) is 0 Å². The van der Waals surface area contributed by atoms with E-state index in [4.69, 9.17) is 11.6 Å². The van der Waals surface area contributed by atoms with E-state index >= 15 is 0 Å². The highest BCUT2D eigenvalue weighted by molar-refractivity contribution is 7.20. The molecule has 1 atom stereocenters. The number of amides is 1. The van der Waals surface area contributed by atoms with Crippen molar-refractivity contribution < 1.29 is 4.79 Å². The van der Waals surface area contributed by atoms with Crippen molar-refractivity contribution in [2.24, 2.45) is 0 Å². The van der Waals surface area contributed by atoms with Gasteiger partial charge in [-0.05, 0) is 35.6 Å². The monoisotopic (exact) mass is 376 g/mol. The summed E-state index contributed by atoms with van der Waals surface area (Å²) >= 11 is 9.16. The van der Waals surface area contributed by atoms with Gasteiger partial charge in [0.1, 0.15) is 5.01 Å². The first-order chi connectivity index (χ1) is 11.7. The smallest absolute Gasteiger partial charge is 0.226 e. The molecule has 24 heavy (non-hydrogen) atoms. The van der Waals surface area contributed by atoms with Crippen molar-refractivity contribution in [2.45, 2.75) is 25.8 Å². The van der Waals surface area contributed by atoms with Crippen LogP contribution in [0.5, 0.6) is 0 Å². The fraction of sp³-hybridized carbons (Fsp3) is 0.222. The Bertz CT molecular complexity index is 797. The number of nitrogens with zero attached hydrogens (tertiary/aromatic N) is 1. The Hall–Kier alpha value is -1.69. The highest BCUT2D eigenvalue weighted by Crippen LogP contribution is 2.28. The van der Waals surface area contributed by atoms with Gasteiger partial charge >= 0.3 is 0 Å². The van der Waals surface area contributed by atoms with Crippen LogP contribution in [0.4, 0.5) is 0 Å². The van der Waals surface area contributed by atoms with Gasteiger partial charge in [0.15, 0.2) is 0 Å². The van der Waals surface area contributed by atoms with E-state index in [1.807, 2.05) is 47.2 Å². The van der Waals surface area contributed by atoms with Crippen molar-refractivity contribution >= 4 is 40.2 Å². The molecular formula is C18H17ClN2OS2. The van der Waals surface area contributed by atoms with Gasteiger partial charge in [0.25, 0.3) is 0 Å². The molecule has 0 bridgehead atoms. The Balaban J connectivity index is 1.63. The first-order valence-electron chi connectivity index (χ1n) is 7.69. The SMILES string of the molecule is CC[C@H](NC(=O)Cc1csc(-c2cccs2)n1)c1ccc(Cl)cc1. The van der Waals surface area contributed by atoms with Crippen LogP contribution >= 0.6 is 34.3 Å². The molecule has 124 valence electrons. The van der Waals surface area contributed by atoms with Crippen LogP contribution < -0.4 is 5.32 Å². The summed E-state index contributed by atoms with van der Waals surface area (Å²) in [5, 5.41) is 8.73. The maximum absolute atomic E-state index is 12.3. The number of nitrogens with one attached hydrogen (secondary N) is 1. The van der Waals surface area contributed by atoms with Crippen LogP contribution in [0.25, 0.3) is 9.88 Å². The third kappa shape index (κ3) is 4.23. The van der Waals surface area contributed by atoms with E-state index < -0.39 is 0 Å². The van der Waals surface area contributed by atoms with Gasteiger partial charge in [-0.1, -0.05) is 36.7 Å². The molecule has 1 aromatic carbocycles. The van der Waals surface area contributed by atoms with E-state index in [9.17, 15) is 4.79 Å². The average molecular weight is 377 g/mol. The molecule has 0 saturated heterocycles. The number of thiophene rings is 1. The standard InChI is InChI=1S/C18H17ClN2OS2/c1-2-15(12-5-7-13(19)8-6-12)21-17(22)10-14-11-24-18(20-14)16-4-3-9-23-16/h3-9,11,15H,2,10H2,1H3,(H,21,22)/t15-/m0/s1. The molecule has 1 N–H and O–H groups in total. The molecule has 2 aromatic heterocycles. The number of carbonyl (C=O) groups excluding carboxylic acids is 1. The zero-order valence-corrected chi connectivity index (χ0v) is 15.5. The van der Waals surface area contributed by atoms with Crippen LogP contribution in [-0.2, 0) is 11.2 Å². The quantitative estimate of drug-likeness (QED) is 0.631. The Labute approximate surface area is 154 Å². The number of benzene rings is 1. The Kier molecular flexibility index (Phi) is 5.66. The minimum Gasteiger partial charge on any atom is -0.349 e. The summed E-state index contributed by atoms with van der Waals surface area (Å²) in [6.07, 6.45) is 1.12. The topological polar surface area (TPSA) is 42.0 Å². The molecule has 6 heteroatoms. The number of carbonyl (C=O) groups is 1. The Morgan fingerprint density at radius 3 is 2.71 bits per heavy atom. The fourth-order valence-electron chi connectivity index (χ4n) is 2.43. The summed E-state index contributed by atoms with van der Waals surface area (Å²) in [6, 6.07) is 11.6. The van der Waals surface area contributed by atoms with Crippen LogP contribution in [0.1, 0.15) is 30.6 Å². The summed E-state index contributed by atoms with van der Waals surface area (Å²) in [7, 11) is 0. The van der Waals surface area contributed by atoms with Gasteiger partial charge in [-0.15, -0.1) is 22.7 Å². The summed E-state index contributed by atoms with van der Waals surface area (Å²) in [5.41, 5.74) is 1.87. The molecule has 1 amide bonds. The molecule has 0 fully saturated rings. The maximum atomic E-state index is 12.3. The van der Waals surface area contributed by atoms with E-state index in [0.29, 0.717) is 11.4 Å². The molecule has 0 unspecified atom stereocenters. The molecule has 0 aliphatic rings. The Morgan fingerprint density at radius 2 is 2.04 bits per heavy atom. The molecule has 0 spiro atoms. The first kappa shape index (κ1) is 17.1. The van der Waals surface area contributed by atoms with Crippen molar-refractivity contribution in [2.75, 3.05) is 0 Å². The maximum Gasteiger partial charge on any atom is 0.226 e. The molecule has 2 heterocycles.